The summed E-state index contributed by atoms with van der Waals surface area (Å²) < 4.78 is 13.2. The third kappa shape index (κ3) is 1.54. The minimum Gasteiger partial charge on any atom is -0.479 e. The molecule has 0 aliphatic carbocycles. The molecule has 14 heavy (non-hydrogen) atoms. The van der Waals surface area contributed by atoms with Gasteiger partial charge in [0.25, 0.3) is 5.88 Å². The summed E-state index contributed by atoms with van der Waals surface area (Å²) in [7, 11) is 1.58. The molecule has 1 heterocycles. The van der Waals surface area contributed by atoms with E-state index in [0.717, 1.165) is 23.0 Å². The molecule has 72 valence electrons. The minimum atomic E-state index is 0.542. The van der Waals surface area contributed by atoms with E-state index in [2.05, 4.69) is 8.75 Å². The molecule has 0 bridgehead atoms. The van der Waals surface area contributed by atoms with Crippen molar-refractivity contribution < 1.29 is 4.74 Å². The van der Waals surface area contributed by atoms with Crippen LogP contribution in [-0.2, 0) is 0 Å². The van der Waals surface area contributed by atoms with Gasteiger partial charge in [-0.15, -0.1) is 4.37 Å². The number of hydrogen-bond donors (Lipinski definition) is 1. The van der Waals surface area contributed by atoms with E-state index in [1.165, 1.54) is 0 Å². The first-order valence-corrected chi connectivity index (χ1v) is 4.77. The monoisotopic (exact) mass is 207 g/mol. The van der Waals surface area contributed by atoms with Crippen molar-refractivity contribution in [3.05, 3.63) is 24.3 Å². The van der Waals surface area contributed by atoms with Crippen LogP contribution in [0.15, 0.2) is 24.3 Å². The van der Waals surface area contributed by atoms with Gasteiger partial charge in [0.05, 0.1) is 18.8 Å². The molecule has 2 aromatic rings. The molecule has 0 saturated carbocycles. The molecule has 0 spiro atoms. The lowest BCUT2D eigenvalue weighted by Gasteiger charge is -2.00. The van der Waals surface area contributed by atoms with Gasteiger partial charge in [-0.25, -0.2) is 0 Å². The highest BCUT2D eigenvalue weighted by Crippen LogP contribution is 2.28. The van der Waals surface area contributed by atoms with Crippen molar-refractivity contribution in [3.8, 4) is 17.1 Å². The Morgan fingerprint density at radius 2 is 2.21 bits per heavy atom. The van der Waals surface area contributed by atoms with Crippen LogP contribution in [0.3, 0.4) is 0 Å². The molecule has 5 heteroatoms. The number of anilines is 1. The Morgan fingerprint density at radius 3 is 2.93 bits per heavy atom. The number of rotatable bonds is 2. The Balaban J connectivity index is 2.49. The number of ether oxygens (including phenoxy) is 1. The smallest absolute Gasteiger partial charge is 0.253 e. The van der Waals surface area contributed by atoms with Crippen LogP contribution >= 0.6 is 11.7 Å². The number of nitrogens with zero attached hydrogens (tertiary/aromatic N) is 2. The van der Waals surface area contributed by atoms with Crippen LogP contribution in [-0.4, -0.2) is 15.9 Å². The van der Waals surface area contributed by atoms with Crippen molar-refractivity contribution in [2.75, 3.05) is 12.8 Å². The number of benzene rings is 1. The predicted octanol–water partition coefficient (Wildman–Crippen LogP) is 1.80. The number of nitrogen functional groups attached to an aromatic ring is 1. The zero-order valence-electron chi connectivity index (χ0n) is 7.60. The van der Waals surface area contributed by atoms with E-state index in [9.17, 15) is 0 Å². The molecule has 4 nitrogen and oxygen atoms in total. The van der Waals surface area contributed by atoms with Crippen LogP contribution in [0.1, 0.15) is 0 Å². The standard InChI is InChI=1S/C9H9N3OS/c1-13-9-8(11-14-12-9)6-3-2-4-7(10)5-6/h2-5H,10H2,1H3. The molecule has 0 atom stereocenters. The predicted molar refractivity (Wildman–Crippen MR) is 56.3 cm³/mol. The second kappa shape index (κ2) is 3.63. The number of hydrogen-bond acceptors (Lipinski definition) is 5. The normalized spacial score (nSPS) is 10.1. The second-order valence-electron chi connectivity index (χ2n) is 2.75. The van der Waals surface area contributed by atoms with Gasteiger partial charge < -0.3 is 10.5 Å². The fourth-order valence-electron chi connectivity index (χ4n) is 1.18. The maximum absolute atomic E-state index is 5.67. The van der Waals surface area contributed by atoms with Gasteiger partial charge in [0, 0.05) is 11.3 Å². The van der Waals surface area contributed by atoms with Crippen LogP contribution in [0, 0.1) is 0 Å². The molecular weight excluding hydrogens is 198 g/mol. The van der Waals surface area contributed by atoms with E-state index >= 15 is 0 Å². The lowest BCUT2D eigenvalue weighted by atomic mass is 10.1. The summed E-state index contributed by atoms with van der Waals surface area (Å²) in [4.78, 5) is 0. The largest absolute Gasteiger partial charge is 0.479 e. The lowest BCUT2D eigenvalue weighted by molar-refractivity contribution is 0.403. The highest BCUT2D eigenvalue weighted by atomic mass is 32.1. The fraction of sp³-hybridized carbons (Fsp3) is 0.111. The van der Waals surface area contributed by atoms with Gasteiger partial charge >= 0.3 is 0 Å². The number of aromatic nitrogens is 2. The van der Waals surface area contributed by atoms with E-state index in [0.29, 0.717) is 11.6 Å². The Bertz CT molecular complexity index is 441. The van der Waals surface area contributed by atoms with Crippen LogP contribution < -0.4 is 10.5 Å². The van der Waals surface area contributed by atoms with E-state index in [-0.39, 0.29) is 0 Å². The molecule has 0 radical (unpaired) electrons. The summed E-state index contributed by atoms with van der Waals surface area (Å²) in [5, 5.41) is 0. The van der Waals surface area contributed by atoms with Crippen molar-refractivity contribution in [3.63, 3.8) is 0 Å². The first kappa shape index (κ1) is 8.96. The van der Waals surface area contributed by atoms with Crippen LogP contribution in [0.2, 0.25) is 0 Å². The van der Waals surface area contributed by atoms with Crippen LogP contribution in [0.5, 0.6) is 5.88 Å². The molecule has 1 aromatic carbocycles. The minimum absolute atomic E-state index is 0.542. The van der Waals surface area contributed by atoms with Gasteiger partial charge in [0.1, 0.15) is 5.69 Å². The Labute approximate surface area is 85.7 Å². The van der Waals surface area contributed by atoms with Crippen molar-refractivity contribution in [2.24, 2.45) is 0 Å². The number of nitrogens with two attached hydrogens (primary N) is 1. The zero-order valence-corrected chi connectivity index (χ0v) is 8.41. The van der Waals surface area contributed by atoms with Crippen LogP contribution in [0.25, 0.3) is 11.3 Å². The summed E-state index contributed by atoms with van der Waals surface area (Å²) in [6.07, 6.45) is 0. The van der Waals surface area contributed by atoms with Gasteiger partial charge in [-0.3, -0.25) is 0 Å². The van der Waals surface area contributed by atoms with Gasteiger partial charge in [0.2, 0.25) is 0 Å². The summed E-state index contributed by atoms with van der Waals surface area (Å²) in [5.41, 5.74) is 8.04. The molecule has 0 amide bonds. The lowest BCUT2D eigenvalue weighted by Crippen LogP contribution is -1.88. The topological polar surface area (TPSA) is 61.0 Å². The van der Waals surface area contributed by atoms with E-state index in [4.69, 9.17) is 10.5 Å². The Morgan fingerprint density at radius 1 is 1.36 bits per heavy atom. The third-order valence-electron chi connectivity index (χ3n) is 1.81. The van der Waals surface area contributed by atoms with Crippen molar-refractivity contribution >= 4 is 17.4 Å². The molecule has 0 aliphatic heterocycles. The molecular formula is C9H9N3OS. The zero-order chi connectivity index (χ0) is 9.97. The molecule has 1 aromatic heterocycles. The maximum Gasteiger partial charge on any atom is 0.253 e. The molecule has 0 unspecified atom stereocenters. The highest BCUT2D eigenvalue weighted by Gasteiger charge is 2.10. The van der Waals surface area contributed by atoms with Gasteiger partial charge in [0.15, 0.2) is 0 Å². The maximum atomic E-state index is 5.67. The molecule has 0 saturated heterocycles. The van der Waals surface area contributed by atoms with E-state index in [1.807, 2.05) is 24.3 Å². The summed E-state index contributed by atoms with van der Waals surface area (Å²) >= 11 is 1.13. The van der Waals surface area contributed by atoms with Crippen LogP contribution in [0.4, 0.5) is 5.69 Å². The Kier molecular flexibility index (Phi) is 2.32. The van der Waals surface area contributed by atoms with Crippen molar-refractivity contribution in [1.82, 2.24) is 8.75 Å². The molecule has 0 fully saturated rings. The van der Waals surface area contributed by atoms with Crippen molar-refractivity contribution in [2.45, 2.75) is 0 Å². The summed E-state index contributed by atoms with van der Waals surface area (Å²) in [5.74, 6) is 0.542. The average molecular weight is 207 g/mol. The van der Waals surface area contributed by atoms with Crippen molar-refractivity contribution in [1.29, 1.82) is 0 Å². The fourth-order valence-corrected chi connectivity index (χ4v) is 1.72. The van der Waals surface area contributed by atoms with Gasteiger partial charge in [-0.2, -0.15) is 4.37 Å². The van der Waals surface area contributed by atoms with E-state index in [1.54, 1.807) is 7.11 Å². The number of methoxy groups -OCH3 is 1. The third-order valence-corrected chi connectivity index (χ3v) is 2.32. The molecule has 2 rings (SSSR count). The first-order chi connectivity index (χ1) is 6.81. The summed E-state index contributed by atoms with van der Waals surface area (Å²) in [6.45, 7) is 0. The SMILES string of the molecule is COc1nsnc1-c1cccc(N)c1. The second-order valence-corrected chi connectivity index (χ2v) is 3.28. The average Bonchev–Trinajstić information content (AvgIpc) is 2.65. The quantitative estimate of drug-likeness (QED) is 0.763. The van der Waals surface area contributed by atoms with Gasteiger partial charge in [-0.05, 0) is 12.1 Å². The van der Waals surface area contributed by atoms with Gasteiger partial charge in [-0.1, -0.05) is 12.1 Å². The molecule has 0 aliphatic rings. The highest BCUT2D eigenvalue weighted by molar-refractivity contribution is 6.99. The van der Waals surface area contributed by atoms with E-state index < -0.39 is 0 Å². The summed E-state index contributed by atoms with van der Waals surface area (Å²) in [6, 6.07) is 7.48. The molecule has 2 N–H and O–H groups in total. The Hall–Kier alpha value is -1.62. The first-order valence-electron chi connectivity index (χ1n) is 4.03.